The number of hydrogen-bond acceptors (Lipinski definition) is 6. The third kappa shape index (κ3) is 6.84. The van der Waals surface area contributed by atoms with Crippen LogP contribution in [0.25, 0.3) is 0 Å². The summed E-state index contributed by atoms with van der Waals surface area (Å²) in [6, 6.07) is 8.36. The second-order valence-electron chi connectivity index (χ2n) is 8.29. The van der Waals surface area contributed by atoms with Crippen molar-refractivity contribution >= 4 is 11.7 Å². The standard InChI is InChI=1S/C20H28N4O2.C2HF3O2/c1-22-13-17(12-21-22)14-23-10-11-26-20(15-23)8-3-9-24(16-20)18-4-6-19(25-2)7-5-18;3-2(4,5)1(6)7/h4-7,12-13H,3,8-11,14-16H2,1-2H3;(H,6,7). The number of carboxylic acids is 1. The molecule has 0 bridgehead atoms. The van der Waals surface area contributed by atoms with Gasteiger partial charge < -0.3 is 19.5 Å². The molecule has 2 saturated heterocycles. The third-order valence-electron chi connectivity index (χ3n) is 5.71. The molecule has 2 aliphatic heterocycles. The summed E-state index contributed by atoms with van der Waals surface area (Å²) in [7, 11) is 3.68. The number of alkyl halides is 3. The third-order valence-corrected chi connectivity index (χ3v) is 5.71. The number of aliphatic carboxylic acids is 1. The molecule has 2 aliphatic rings. The lowest BCUT2D eigenvalue weighted by Gasteiger charge is -2.48. The molecule has 0 amide bonds. The topological polar surface area (TPSA) is 80.1 Å². The molecule has 182 valence electrons. The SMILES string of the molecule is COc1ccc(N2CCCC3(CN(Cc4cnn(C)c4)CCO3)C2)cc1.O=C(O)C(F)(F)F. The first-order valence-corrected chi connectivity index (χ1v) is 10.6. The van der Waals surface area contributed by atoms with Gasteiger partial charge in [-0.1, -0.05) is 0 Å². The average Bonchev–Trinajstić information content (AvgIpc) is 3.18. The molecule has 33 heavy (non-hydrogen) atoms. The first-order chi connectivity index (χ1) is 15.6. The van der Waals surface area contributed by atoms with Crippen molar-refractivity contribution in [2.24, 2.45) is 7.05 Å². The van der Waals surface area contributed by atoms with Gasteiger partial charge in [-0.2, -0.15) is 18.3 Å². The van der Waals surface area contributed by atoms with Crippen LogP contribution in [0.3, 0.4) is 0 Å². The highest BCUT2D eigenvalue weighted by molar-refractivity contribution is 5.73. The van der Waals surface area contributed by atoms with E-state index in [0.29, 0.717) is 0 Å². The van der Waals surface area contributed by atoms with Crippen molar-refractivity contribution < 1.29 is 32.5 Å². The van der Waals surface area contributed by atoms with Gasteiger partial charge in [0.25, 0.3) is 0 Å². The number of ether oxygens (including phenoxy) is 2. The van der Waals surface area contributed by atoms with Crippen molar-refractivity contribution in [2.45, 2.75) is 31.2 Å². The average molecular weight is 470 g/mol. The number of benzene rings is 1. The zero-order valence-corrected chi connectivity index (χ0v) is 18.7. The van der Waals surface area contributed by atoms with Crippen molar-refractivity contribution in [2.75, 3.05) is 44.8 Å². The molecule has 11 heteroatoms. The molecular formula is C22H29F3N4O4. The minimum absolute atomic E-state index is 0.0708. The van der Waals surface area contributed by atoms with Crippen LogP contribution in [0, 0.1) is 0 Å². The maximum atomic E-state index is 10.6. The molecule has 1 atom stereocenters. The molecule has 2 fully saturated rings. The molecule has 0 saturated carbocycles. The van der Waals surface area contributed by atoms with Crippen LogP contribution >= 0.6 is 0 Å². The molecule has 1 aromatic carbocycles. The molecule has 0 radical (unpaired) electrons. The minimum Gasteiger partial charge on any atom is -0.497 e. The van der Waals surface area contributed by atoms with Crippen molar-refractivity contribution in [1.82, 2.24) is 14.7 Å². The molecule has 1 N–H and O–H groups in total. The van der Waals surface area contributed by atoms with Gasteiger partial charge in [0.1, 0.15) is 5.75 Å². The van der Waals surface area contributed by atoms with Crippen LogP contribution in [0.15, 0.2) is 36.7 Å². The highest BCUT2D eigenvalue weighted by atomic mass is 19.4. The Morgan fingerprint density at radius 3 is 2.52 bits per heavy atom. The van der Waals surface area contributed by atoms with Crippen LogP contribution in [-0.2, 0) is 23.1 Å². The summed E-state index contributed by atoms with van der Waals surface area (Å²) in [4.78, 5) is 13.9. The summed E-state index contributed by atoms with van der Waals surface area (Å²) in [5.41, 5.74) is 2.45. The van der Waals surface area contributed by atoms with Gasteiger partial charge in [0.15, 0.2) is 0 Å². The van der Waals surface area contributed by atoms with Gasteiger partial charge in [-0.25, -0.2) is 4.79 Å². The lowest BCUT2D eigenvalue weighted by molar-refractivity contribution is -0.192. The highest BCUT2D eigenvalue weighted by Gasteiger charge is 2.40. The Bertz CT molecular complexity index is 915. The van der Waals surface area contributed by atoms with Crippen molar-refractivity contribution in [1.29, 1.82) is 0 Å². The lowest BCUT2D eigenvalue weighted by Crippen LogP contribution is -2.59. The van der Waals surface area contributed by atoms with E-state index in [-0.39, 0.29) is 5.60 Å². The molecule has 4 rings (SSSR count). The van der Waals surface area contributed by atoms with E-state index in [1.165, 1.54) is 11.3 Å². The van der Waals surface area contributed by atoms with Gasteiger partial charge in [-0.3, -0.25) is 9.58 Å². The predicted molar refractivity (Wildman–Crippen MR) is 115 cm³/mol. The fourth-order valence-corrected chi connectivity index (χ4v) is 4.23. The van der Waals surface area contributed by atoms with E-state index >= 15 is 0 Å². The van der Waals surface area contributed by atoms with E-state index in [0.717, 1.165) is 57.9 Å². The Balaban J connectivity index is 0.000000383. The summed E-state index contributed by atoms with van der Waals surface area (Å²) in [6.45, 7) is 5.74. The quantitative estimate of drug-likeness (QED) is 0.736. The van der Waals surface area contributed by atoms with Crippen LogP contribution < -0.4 is 9.64 Å². The number of aromatic nitrogens is 2. The van der Waals surface area contributed by atoms with Gasteiger partial charge in [0.05, 0.1) is 25.5 Å². The van der Waals surface area contributed by atoms with Crippen LogP contribution in [-0.4, -0.2) is 77.4 Å². The number of halogens is 3. The number of hydrogen-bond donors (Lipinski definition) is 1. The summed E-state index contributed by atoms with van der Waals surface area (Å²) in [6.07, 6.45) is 1.27. The maximum absolute atomic E-state index is 10.6. The predicted octanol–water partition coefficient (Wildman–Crippen LogP) is 2.93. The Labute approximate surface area is 190 Å². The van der Waals surface area contributed by atoms with Crippen LogP contribution in [0.2, 0.25) is 0 Å². The zero-order chi connectivity index (χ0) is 24.1. The monoisotopic (exact) mass is 470 g/mol. The number of piperidine rings is 1. The Kier molecular flexibility index (Phi) is 7.85. The van der Waals surface area contributed by atoms with E-state index in [1.54, 1.807) is 7.11 Å². The van der Waals surface area contributed by atoms with Crippen molar-refractivity contribution in [3.05, 3.63) is 42.2 Å². The Morgan fingerprint density at radius 2 is 1.94 bits per heavy atom. The van der Waals surface area contributed by atoms with Crippen molar-refractivity contribution in [3.8, 4) is 5.75 Å². The molecule has 1 spiro atoms. The van der Waals surface area contributed by atoms with Gasteiger partial charge in [0, 0.05) is 57.2 Å². The summed E-state index contributed by atoms with van der Waals surface area (Å²) >= 11 is 0. The second-order valence-corrected chi connectivity index (χ2v) is 8.29. The smallest absolute Gasteiger partial charge is 0.490 e. The number of carbonyl (C=O) groups is 1. The van der Waals surface area contributed by atoms with Gasteiger partial charge in [-0.05, 0) is 37.1 Å². The number of carboxylic acid groups (broad SMARTS) is 1. The highest BCUT2D eigenvalue weighted by Crippen LogP contribution is 2.32. The number of rotatable bonds is 4. The first kappa shape index (κ1) is 24.8. The Morgan fingerprint density at radius 1 is 1.24 bits per heavy atom. The van der Waals surface area contributed by atoms with E-state index in [9.17, 15) is 13.2 Å². The van der Waals surface area contributed by atoms with E-state index < -0.39 is 12.1 Å². The van der Waals surface area contributed by atoms with Gasteiger partial charge >= 0.3 is 12.1 Å². The summed E-state index contributed by atoms with van der Waals surface area (Å²) < 4.78 is 45.2. The normalized spacial score (nSPS) is 21.4. The second kappa shape index (κ2) is 10.4. The number of methoxy groups -OCH3 is 1. The van der Waals surface area contributed by atoms with Crippen LogP contribution in [0.5, 0.6) is 5.75 Å². The molecule has 0 aliphatic carbocycles. The number of anilines is 1. The lowest BCUT2D eigenvalue weighted by atomic mass is 9.90. The fourth-order valence-electron chi connectivity index (χ4n) is 4.23. The first-order valence-electron chi connectivity index (χ1n) is 10.6. The van der Waals surface area contributed by atoms with Crippen LogP contribution in [0.1, 0.15) is 18.4 Å². The molecule has 3 heterocycles. The molecule has 1 aromatic heterocycles. The minimum atomic E-state index is -5.08. The summed E-state index contributed by atoms with van der Waals surface area (Å²) in [5.74, 6) is -1.86. The van der Waals surface area contributed by atoms with Gasteiger partial charge in [0.2, 0.25) is 0 Å². The van der Waals surface area contributed by atoms with Crippen molar-refractivity contribution in [3.63, 3.8) is 0 Å². The fraction of sp³-hybridized carbons (Fsp3) is 0.545. The molecule has 8 nitrogen and oxygen atoms in total. The Hall–Kier alpha value is -2.79. The number of nitrogens with zero attached hydrogens (tertiary/aromatic N) is 4. The zero-order valence-electron chi connectivity index (χ0n) is 18.7. The van der Waals surface area contributed by atoms with E-state index in [1.807, 2.05) is 30.1 Å². The largest absolute Gasteiger partial charge is 0.497 e. The molecule has 1 unspecified atom stereocenters. The molecular weight excluding hydrogens is 441 g/mol. The summed E-state index contributed by atoms with van der Waals surface area (Å²) in [5, 5.41) is 11.4. The molecule has 2 aromatic rings. The number of aryl methyl sites for hydroxylation is 1. The van der Waals surface area contributed by atoms with E-state index in [4.69, 9.17) is 19.4 Å². The maximum Gasteiger partial charge on any atom is 0.490 e. The van der Waals surface area contributed by atoms with Crippen LogP contribution in [0.4, 0.5) is 18.9 Å². The van der Waals surface area contributed by atoms with Gasteiger partial charge in [-0.15, -0.1) is 0 Å². The number of morpholine rings is 1. The van der Waals surface area contributed by atoms with E-state index in [2.05, 4.69) is 33.2 Å².